The number of hydrogen-bond acceptors (Lipinski definition) is 2. The quantitative estimate of drug-likeness (QED) is 0.845. The molecule has 0 aliphatic carbocycles. The Morgan fingerprint density at radius 2 is 1.89 bits per heavy atom. The minimum absolute atomic E-state index is 0.448. The molecule has 1 N–H and O–H groups in total. The van der Waals surface area contributed by atoms with Gasteiger partial charge in [-0.1, -0.05) is 35.3 Å². The Hall–Kier alpha value is -1.69. The van der Waals surface area contributed by atoms with E-state index in [4.69, 9.17) is 28.5 Å². The summed E-state index contributed by atoms with van der Waals surface area (Å²) in [4.78, 5) is 0. The van der Waals surface area contributed by atoms with Crippen LogP contribution in [0, 0.1) is 18.3 Å². The first kappa shape index (κ1) is 12.8. The van der Waals surface area contributed by atoms with Crippen molar-refractivity contribution in [2.24, 2.45) is 0 Å². The summed E-state index contributed by atoms with van der Waals surface area (Å²) in [6, 6.07) is 13.1. The Labute approximate surface area is 116 Å². The number of nitriles is 1. The molecule has 0 saturated heterocycles. The second kappa shape index (κ2) is 5.30. The molecular weight excluding hydrogens is 267 g/mol. The molecule has 0 spiro atoms. The summed E-state index contributed by atoms with van der Waals surface area (Å²) in [5.41, 5.74) is 3.01. The van der Waals surface area contributed by atoms with Crippen molar-refractivity contribution in [1.29, 1.82) is 5.26 Å². The summed E-state index contributed by atoms with van der Waals surface area (Å²) >= 11 is 12.0. The van der Waals surface area contributed by atoms with Crippen LogP contribution in [-0.4, -0.2) is 0 Å². The van der Waals surface area contributed by atoms with Gasteiger partial charge in [-0.3, -0.25) is 0 Å². The molecule has 2 rings (SSSR count). The molecule has 0 saturated carbocycles. The first-order valence-electron chi connectivity index (χ1n) is 5.33. The van der Waals surface area contributed by atoms with E-state index < -0.39 is 0 Å². The van der Waals surface area contributed by atoms with Crippen LogP contribution in [0.15, 0.2) is 36.4 Å². The summed E-state index contributed by atoms with van der Waals surface area (Å²) < 4.78 is 0. The zero-order chi connectivity index (χ0) is 13.1. The molecule has 0 aromatic heterocycles. The Kier molecular flexibility index (Phi) is 3.76. The van der Waals surface area contributed by atoms with Crippen molar-refractivity contribution < 1.29 is 0 Å². The summed E-state index contributed by atoms with van der Waals surface area (Å²) in [5.74, 6) is 0. The van der Waals surface area contributed by atoms with Gasteiger partial charge in [-0.05, 0) is 36.8 Å². The maximum absolute atomic E-state index is 9.10. The molecule has 4 heteroatoms. The summed E-state index contributed by atoms with van der Waals surface area (Å²) in [7, 11) is 0. The first-order chi connectivity index (χ1) is 8.61. The van der Waals surface area contributed by atoms with Crippen LogP contribution in [0.5, 0.6) is 0 Å². The zero-order valence-electron chi connectivity index (χ0n) is 9.67. The van der Waals surface area contributed by atoms with Gasteiger partial charge >= 0.3 is 0 Å². The van der Waals surface area contributed by atoms with Crippen LogP contribution in [0.3, 0.4) is 0 Å². The predicted molar refractivity (Wildman–Crippen MR) is 75.6 cm³/mol. The summed E-state index contributed by atoms with van der Waals surface area (Å²) in [6.45, 7) is 1.94. The van der Waals surface area contributed by atoms with E-state index in [1.54, 1.807) is 12.1 Å². The van der Waals surface area contributed by atoms with Gasteiger partial charge in [0.25, 0.3) is 0 Å². The van der Waals surface area contributed by atoms with Gasteiger partial charge in [-0.15, -0.1) is 0 Å². The van der Waals surface area contributed by atoms with E-state index in [-0.39, 0.29) is 0 Å². The maximum atomic E-state index is 9.10. The highest BCUT2D eigenvalue weighted by atomic mass is 35.5. The van der Waals surface area contributed by atoms with Crippen LogP contribution in [0.1, 0.15) is 11.1 Å². The first-order valence-corrected chi connectivity index (χ1v) is 6.09. The zero-order valence-corrected chi connectivity index (χ0v) is 11.2. The van der Waals surface area contributed by atoms with Crippen LogP contribution in [0.2, 0.25) is 10.0 Å². The van der Waals surface area contributed by atoms with Gasteiger partial charge in [0.05, 0.1) is 27.0 Å². The number of rotatable bonds is 2. The number of nitrogens with zero attached hydrogens (tertiary/aromatic N) is 1. The van der Waals surface area contributed by atoms with Gasteiger partial charge in [0.1, 0.15) is 6.07 Å². The van der Waals surface area contributed by atoms with Crippen molar-refractivity contribution in [1.82, 2.24) is 0 Å². The maximum Gasteiger partial charge on any atom is 0.101 e. The van der Waals surface area contributed by atoms with Gasteiger partial charge in [-0.2, -0.15) is 5.26 Å². The van der Waals surface area contributed by atoms with Crippen LogP contribution >= 0.6 is 23.2 Å². The molecule has 0 heterocycles. The SMILES string of the molecule is Cc1ccc(Nc2cccc(Cl)c2Cl)c(C#N)c1. The fraction of sp³-hybridized carbons (Fsp3) is 0.0714. The monoisotopic (exact) mass is 276 g/mol. The minimum atomic E-state index is 0.448. The molecule has 0 atom stereocenters. The molecule has 2 aromatic rings. The lowest BCUT2D eigenvalue weighted by molar-refractivity contribution is 1.40. The molecule has 90 valence electrons. The molecule has 0 unspecified atom stereocenters. The molecule has 0 bridgehead atoms. The van der Waals surface area contributed by atoms with Gasteiger partial charge in [0.2, 0.25) is 0 Å². The number of aryl methyl sites for hydroxylation is 1. The average Bonchev–Trinajstić information content (AvgIpc) is 2.37. The Morgan fingerprint density at radius 1 is 1.11 bits per heavy atom. The van der Waals surface area contributed by atoms with Crippen molar-refractivity contribution >= 4 is 34.6 Å². The largest absolute Gasteiger partial charge is 0.353 e. The number of nitrogens with one attached hydrogen (secondary N) is 1. The Bertz CT molecular complexity index is 630. The lowest BCUT2D eigenvalue weighted by atomic mass is 10.1. The van der Waals surface area contributed by atoms with E-state index in [1.807, 2.05) is 31.2 Å². The second-order valence-electron chi connectivity index (χ2n) is 3.89. The van der Waals surface area contributed by atoms with E-state index in [2.05, 4.69) is 11.4 Å². The molecule has 0 aliphatic rings. The van der Waals surface area contributed by atoms with Gasteiger partial charge < -0.3 is 5.32 Å². The van der Waals surface area contributed by atoms with Crippen molar-refractivity contribution in [2.75, 3.05) is 5.32 Å². The van der Waals surface area contributed by atoms with Crippen LogP contribution in [0.4, 0.5) is 11.4 Å². The van der Waals surface area contributed by atoms with Gasteiger partial charge in [0.15, 0.2) is 0 Å². The lowest BCUT2D eigenvalue weighted by Crippen LogP contribution is -1.95. The summed E-state index contributed by atoms with van der Waals surface area (Å²) in [5, 5.41) is 13.1. The highest BCUT2D eigenvalue weighted by Crippen LogP contribution is 2.32. The molecule has 0 amide bonds. The third-order valence-electron chi connectivity index (χ3n) is 2.52. The fourth-order valence-corrected chi connectivity index (χ4v) is 1.95. The molecule has 0 aliphatic heterocycles. The van der Waals surface area contributed by atoms with Crippen LogP contribution < -0.4 is 5.32 Å². The van der Waals surface area contributed by atoms with Gasteiger partial charge in [0, 0.05) is 0 Å². The molecule has 0 radical (unpaired) electrons. The lowest BCUT2D eigenvalue weighted by Gasteiger charge is -2.11. The molecular formula is C14H10Cl2N2. The molecule has 2 nitrogen and oxygen atoms in total. The standard InChI is InChI=1S/C14H10Cl2N2/c1-9-5-6-12(10(7-9)8-17)18-13-4-2-3-11(15)14(13)16/h2-7,18H,1H3. The highest BCUT2D eigenvalue weighted by Gasteiger charge is 2.07. The van der Waals surface area contributed by atoms with Crippen molar-refractivity contribution in [3.8, 4) is 6.07 Å². The second-order valence-corrected chi connectivity index (χ2v) is 4.67. The van der Waals surface area contributed by atoms with Crippen molar-refractivity contribution in [2.45, 2.75) is 6.92 Å². The third-order valence-corrected chi connectivity index (χ3v) is 3.34. The average molecular weight is 277 g/mol. The third kappa shape index (κ3) is 2.59. The van der Waals surface area contributed by atoms with Crippen LogP contribution in [-0.2, 0) is 0 Å². The smallest absolute Gasteiger partial charge is 0.101 e. The summed E-state index contributed by atoms with van der Waals surface area (Å²) in [6.07, 6.45) is 0. The van der Waals surface area contributed by atoms with E-state index in [0.29, 0.717) is 27.0 Å². The number of anilines is 2. The van der Waals surface area contributed by atoms with Crippen molar-refractivity contribution in [3.05, 3.63) is 57.6 Å². The fourth-order valence-electron chi connectivity index (χ4n) is 1.61. The van der Waals surface area contributed by atoms with Crippen LogP contribution in [0.25, 0.3) is 0 Å². The highest BCUT2D eigenvalue weighted by molar-refractivity contribution is 6.43. The predicted octanol–water partition coefficient (Wildman–Crippen LogP) is 4.92. The Balaban J connectivity index is 2.41. The number of halogens is 2. The molecule has 2 aromatic carbocycles. The van der Waals surface area contributed by atoms with E-state index >= 15 is 0 Å². The van der Waals surface area contributed by atoms with E-state index in [9.17, 15) is 0 Å². The normalized spacial score (nSPS) is 9.89. The Morgan fingerprint density at radius 3 is 2.61 bits per heavy atom. The molecule has 18 heavy (non-hydrogen) atoms. The van der Waals surface area contributed by atoms with E-state index in [0.717, 1.165) is 5.56 Å². The number of benzene rings is 2. The number of hydrogen-bond donors (Lipinski definition) is 1. The van der Waals surface area contributed by atoms with Crippen molar-refractivity contribution in [3.63, 3.8) is 0 Å². The van der Waals surface area contributed by atoms with Gasteiger partial charge in [-0.25, -0.2) is 0 Å². The molecule has 0 fully saturated rings. The van der Waals surface area contributed by atoms with E-state index in [1.165, 1.54) is 0 Å². The minimum Gasteiger partial charge on any atom is -0.353 e. The topological polar surface area (TPSA) is 35.8 Å².